The number of esters is 1. The largest absolute Gasteiger partial charge is 0.487 e. The highest BCUT2D eigenvalue weighted by Crippen LogP contribution is 2.34. The van der Waals surface area contributed by atoms with Crippen LogP contribution in [0, 0.1) is 0 Å². The van der Waals surface area contributed by atoms with Crippen LogP contribution >= 0.6 is 0 Å². The Balaban J connectivity index is 1.53. The number of rotatable bonds is 5. The Morgan fingerprint density at radius 3 is 2.56 bits per heavy atom. The first-order valence-corrected chi connectivity index (χ1v) is 8.64. The van der Waals surface area contributed by atoms with E-state index in [1.165, 1.54) is 12.7 Å². The molecule has 0 unspecified atom stereocenters. The van der Waals surface area contributed by atoms with Crippen LogP contribution in [0.15, 0.2) is 60.3 Å². The summed E-state index contributed by atoms with van der Waals surface area (Å²) in [6.45, 7) is 0.549. The molecule has 4 nitrogen and oxygen atoms in total. The standard InChI is InChI=1S/C21H23NO3/c1-24-21(23)13-16-7-9-18(10-8-16)20-12-11-19(14-22-20)25-15-17-5-3-2-4-6-17/h2-6,11-14,18H,7-10,15H2,1H3. The van der Waals surface area contributed by atoms with Gasteiger partial charge < -0.3 is 9.47 Å². The van der Waals surface area contributed by atoms with Crippen molar-refractivity contribution in [1.29, 1.82) is 0 Å². The summed E-state index contributed by atoms with van der Waals surface area (Å²) in [5.74, 6) is 0.971. The molecular weight excluding hydrogens is 314 g/mol. The van der Waals surface area contributed by atoms with Crippen LogP contribution in [-0.2, 0) is 16.1 Å². The molecule has 1 fully saturated rings. The molecule has 0 aliphatic heterocycles. The summed E-state index contributed by atoms with van der Waals surface area (Å²) in [4.78, 5) is 15.9. The molecule has 0 spiro atoms. The predicted molar refractivity (Wildman–Crippen MR) is 96.3 cm³/mol. The lowest BCUT2D eigenvalue weighted by Crippen LogP contribution is -2.09. The molecule has 0 saturated heterocycles. The summed E-state index contributed by atoms with van der Waals surface area (Å²) in [5, 5.41) is 0. The fourth-order valence-electron chi connectivity index (χ4n) is 3.11. The molecule has 1 aromatic carbocycles. The minimum atomic E-state index is -0.258. The molecule has 4 heteroatoms. The highest BCUT2D eigenvalue weighted by Gasteiger charge is 2.20. The normalized spacial score (nSPS) is 17.0. The zero-order valence-electron chi connectivity index (χ0n) is 14.5. The van der Waals surface area contributed by atoms with Crippen LogP contribution in [0.2, 0.25) is 0 Å². The van der Waals surface area contributed by atoms with Gasteiger partial charge in [-0.2, -0.15) is 0 Å². The second-order valence-electron chi connectivity index (χ2n) is 6.29. The van der Waals surface area contributed by atoms with E-state index in [4.69, 9.17) is 9.47 Å². The van der Waals surface area contributed by atoms with E-state index in [1.54, 1.807) is 12.3 Å². The van der Waals surface area contributed by atoms with Gasteiger partial charge in [-0.15, -0.1) is 0 Å². The fourth-order valence-corrected chi connectivity index (χ4v) is 3.11. The van der Waals surface area contributed by atoms with Gasteiger partial charge in [-0.25, -0.2) is 4.79 Å². The third-order valence-corrected chi connectivity index (χ3v) is 4.58. The maximum absolute atomic E-state index is 11.3. The molecule has 130 valence electrons. The Bertz CT molecular complexity index is 713. The van der Waals surface area contributed by atoms with Crippen molar-refractivity contribution in [3.63, 3.8) is 0 Å². The minimum Gasteiger partial charge on any atom is -0.487 e. The molecule has 3 rings (SSSR count). The number of carbonyl (C=O) groups excluding carboxylic acids is 1. The van der Waals surface area contributed by atoms with Gasteiger partial charge in [0, 0.05) is 17.7 Å². The van der Waals surface area contributed by atoms with Crippen molar-refractivity contribution in [2.45, 2.75) is 38.2 Å². The van der Waals surface area contributed by atoms with Crippen LogP contribution in [0.4, 0.5) is 0 Å². The summed E-state index contributed by atoms with van der Waals surface area (Å²) < 4.78 is 10.5. The van der Waals surface area contributed by atoms with Gasteiger partial charge in [0.1, 0.15) is 12.4 Å². The van der Waals surface area contributed by atoms with Crippen molar-refractivity contribution in [3.8, 4) is 5.75 Å². The van der Waals surface area contributed by atoms with Crippen molar-refractivity contribution in [2.75, 3.05) is 7.11 Å². The summed E-state index contributed by atoms with van der Waals surface area (Å²) in [6, 6.07) is 14.1. The number of hydrogen-bond donors (Lipinski definition) is 0. The number of allylic oxidation sites excluding steroid dienone is 1. The van der Waals surface area contributed by atoms with Gasteiger partial charge in [0.2, 0.25) is 0 Å². The molecule has 25 heavy (non-hydrogen) atoms. The number of hydrogen-bond acceptors (Lipinski definition) is 4. The first-order valence-electron chi connectivity index (χ1n) is 8.64. The van der Waals surface area contributed by atoms with Crippen LogP contribution in [-0.4, -0.2) is 18.1 Å². The van der Waals surface area contributed by atoms with Gasteiger partial charge in [0.25, 0.3) is 0 Å². The maximum Gasteiger partial charge on any atom is 0.330 e. The van der Waals surface area contributed by atoms with E-state index in [2.05, 4.69) is 11.1 Å². The van der Waals surface area contributed by atoms with Gasteiger partial charge in [-0.1, -0.05) is 35.9 Å². The number of carbonyl (C=O) groups is 1. The van der Waals surface area contributed by atoms with E-state index in [1.807, 2.05) is 36.4 Å². The van der Waals surface area contributed by atoms with E-state index in [-0.39, 0.29) is 5.97 Å². The summed E-state index contributed by atoms with van der Waals surface area (Å²) in [6.07, 6.45) is 7.31. The maximum atomic E-state index is 11.3. The number of pyridine rings is 1. The molecule has 1 aliphatic carbocycles. The number of methoxy groups -OCH3 is 1. The molecule has 1 saturated carbocycles. The van der Waals surface area contributed by atoms with Crippen molar-refractivity contribution < 1.29 is 14.3 Å². The Labute approximate surface area is 148 Å². The van der Waals surface area contributed by atoms with E-state index in [0.717, 1.165) is 42.7 Å². The van der Waals surface area contributed by atoms with E-state index in [9.17, 15) is 4.79 Å². The summed E-state index contributed by atoms with van der Waals surface area (Å²) >= 11 is 0. The zero-order chi connectivity index (χ0) is 17.5. The lowest BCUT2D eigenvalue weighted by molar-refractivity contribution is -0.134. The molecule has 1 aromatic heterocycles. The van der Waals surface area contributed by atoms with Gasteiger partial charge >= 0.3 is 5.97 Å². The first-order chi connectivity index (χ1) is 12.2. The lowest BCUT2D eigenvalue weighted by atomic mass is 9.83. The molecule has 2 aromatic rings. The third kappa shape index (κ3) is 4.92. The van der Waals surface area contributed by atoms with E-state index >= 15 is 0 Å². The Hall–Kier alpha value is -2.62. The first kappa shape index (κ1) is 17.2. The molecule has 0 bridgehead atoms. The van der Waals surface area contributed by atoms with Crippen LogP contribution in [0.1, 0.15) is 42.9 Å². The zero-order valence-corrected chi connectivity index (χ0v) is 14.5. The summed E-state index contributed by atoms with van der Waals surface area (Å²) in [5.41, 5.74) is 3.42. The number of benzene rings is 1. The number of nitrogens with zero attached hydrogens (tertiary/aromatic N) is 1. The molecule has 0 radical (unpaired) electrons. The molecule has 0 amide bonds. The molecule has 1 heterocycles. The van der Waals surface area contributed by atoms with Crippen molar-refractivity contribution in [3.05, 3.63) is 71.6 Å². The minimum absolute atomic E-state index is 0.258. The van der Waals surface area contributed by atoms with Gasteiger partial charge in [0.05, 0.1) is 13.3 Å². The molecule has 0 N–H and O–H groups in total. The Morgan fingerprint density at radius 1 is 1.16 bits per heavy atom. The van der Waals surface area contributed by atoms with E-state index in [0.29, 0.717) is 12.5 Å². The lowest BCUT2D eigenvalue weighted by Gasteiger charge is -2.23. The van der Waals surface area contributed by atoms with Crippen molar-refractivity contribution >= 4 is 5.97 Å². The topological polar surface area (TPSA) is 48.4 Å². The van der Waals surface area contributed by atoms with Crippen molar-refractivity contribution in [1.82, 2.24) is 4.98 Å². The molecule has 1 aliphatic rings. The number of ether oxygens (including phenoxy) is 2. The van der Waals surface area contributed by atoms with Gasteiger partial charge in [0.15, 0.2) is 0 Å². The highest BCUT2D eigenvalue weighted by atomic mass is 16.5. The number of aromatic nitrogens is 1. The van der Waals surface area contributed by atoms with Gasteiger partial charge in [-0.3, -0.25) is 4.98 Å². The average molecular weight is 337 g/mol. The smallest absolute Gasteiger partial charge is 0.330 e. The third-order valence-electron chi connectivity index (χ3n) is 4.58. The Kier molecular flexibility index (Phi) is 5.83. The van der Waals surface area contributed by atoms with Crippen LogP contribution in [0.3, 0.4) is 0 Å². The van der Waals surface area contributed by atoms with Gasteiger partial charge in [-0.05, 0) is 43.4 Å². The monoisotopic (exact) mass is 337 g/mol. The SMILES string of the molecule is COC(=O)C=C1CCC(c2ccc(OCc3ccccc3)cn2)CC1. The molecular formula is C21H23NO3. The fraction of sp³-hybridized carbons (Fsp3) is 0.333. The quantitative estimate of drug-likeness (QED) is 0.599. The predicted octanol–water partition coefficient (Wildman–Crippen LogP) is 4.42. The van der Waals surface area contributed by atoms with Crippen LogP contribution < -0.4 is 4.74 Å². The van der Waals surface area contributed by atoms with E-state index < -0.39 is 0 Å². The average Bonchev–Trinajstić information content (AvgIpc) is 2.68. The molecule has 0 atom stereocenters. The van der Waals surface area contributed by atoms with Crippen LogP contribution in [0.5, 0.6) is 5.75 Å². The second kappa shape index (κ2) is 8.47. The highest BCUT2D eigenvalue weighted by molar-refractivity contribution is 5.82. The second-order valence-corrected chi connectivity index (χ2v) is 6.29. The van der Waals surface area contributed by atoms with Crippen LogP contribution in [0.25, 0.3) is 0 Å². The Morgan fingerprint density at radius 2 is 1.92 bits per heavy atom. The summed E-state index contributed by atoms with van der Waals surface area (Å²) in [7, 11) is 1.41. The van der Waals surface area contributed by atoms with Crippen molar-refractivity contribution in [2.24, 2.45) is 0 Å².